The van der Waals surface area contributed by atoms with Gasteiger partial charge >= 0.3 is 5.97 Å². The van der Waals surface area contributed by atoms with Gasteiger partial charge in [0.25, 0.3) is 0 Å². The number of hydrogen-bond donors (Lipinski definition) is 2. The first-order chi connectivity index (χ1) is 13.5. The highest BCUT2D eigenvalue weighted by atomic mass is 35.5. The van der Waals surface area contributed by atoms with Gasteiger partial charge in [-0.1, -0.05) is 17.7 Å². The molecule has 0 bridgehead atoms. The molecule has 1 aromatic heterocycles. The van der Waals surface area contributed by atoms with Crippen LogP contribution in [0.4, 0.5) is 23.1 Å². The third-order valence-electron chi connectivity index (χ3n) is 3.83. The molecule has 0 fully saturated rings. The van der Waals surface area contributed by atoms with E-state index >= 15 is 0 Å². The summed E-state index contributed by atoms with van der Waals surface area (Å²) in [5.41, 5.74) is 2.46. The second-order valence-corrected chi connectivity index (χ2v) is 6.29. The number of carbonyl (C=O) groups excluding carboxylic acids is 1. The number of carbonyl (C=O) groups is 1. The van der Waals surface area contributed by atoms with Crippen molar-refractivity contribution in [3.8, 4) is 5.75 Å². The second-order valence-electron chi connectivity index (χ2n) is 5.89. The van der Waals surface area contributed by atoms with E-state index in [1.807, 2.05) is 37.3 Å². The van der Waals surface area contributed by atoms with E-state index in [-0.39, 0.29) is 0 Å². The van der Waals surface area contributed by atoms with Crippen molar-refractivity contribution >= 4 is 40.7 Å². The highest BCUT2D eigenvalue weighted by Crippen LogP contribution is 2.27. The summed E-state index contributed by atoms with van der Waals surface area (Å²) in [6.45, 7) is 1.86. The zero-order valence-electron chi connectivity index (χ0n) is 15.6. The SMILES string of the molecule is COC(=O)c1ccc(Cl)c(Nc2nc(C)cc(Nc3cccc(OC)c3)n2)c1. The molecule has 3 rings (SSSR count). The predicted molar refractivity (Wildman–Crippen MR) is 109 cm³/mol. The van der Waals surface area contributed by atoms with Gasteiger partial charge in [0.2, 0.25) is 5.95 Å². The van der Waals surface area contributed by atoms with Crippen LogP contribution in [0.1, 0.15) is 16.1 Å². The second kappa shape index (κ2) is 8.58. The maximum atomic E-state index is 11.7. The van der Waals surface area contributed by atoms with Gasteiger partial charge in [0.1, 0.15) is 11.6 Å². The minimum Gasteiger partial charge on any atom is -0.497 e. The van der Waals surface area contributed by atoms with Crippen LogP contribution in [-0.2, 0) is 4.74 Å². The Hall–Kier alpha value is -3.32. The van der Waals surface area contributed by atoms with Crippen LogP contribution in [0.15, 0.2) is 48.5 Å². The lowest BCUT2D eigenvalue weighted by molar-refractivity contribution is 0.0601. The zero-order chi connectivity index (χ0) is 20.1. The number of esters is 1. The lowest BCUT2D eigenvalue weighted by Crippen LogP contribution is -2.05. The first kappa shape index (κ1) is 19.4. The minimum atomic E-state index is -0.453. The highest BCUT2D eigenvalue weighted by Gasteiger charge is 2.11. The maximum absolute atomic E-state index is 11.7. The predicted octanol–water partition coefficient (Wildman–Crippen LogP) is 4.72. The van der Waals surface area contributed by atoms with Crippen LogP contribution in [0.3, 0.4) is 0 Å². The van der Waals surface area contributed by atoms with Crippen molar-refractivity contribution in [3.05, 3.63) is 64.8 Å². The molecule has 0 aliphatic carbocycles. The van der Waals surface area contributed by atoms with Crippen LogP contribution in [0, 0.1) is 6.92 Å². The average molecular weight is 399 g/mol. The molecule has 0 amide bonds. The van der Waals surface area contributed by atoms with E-state index in [2.05, 4.69) is 20.6 Å². The van der Waals surface area contributed by atoms with Gasteiger partial charge in [0.05, 0.1) is 30.5 Å². The standard InChI is InChI=1S/C20H19ClN4O3/c1-12-9-18(23-14-5-4-6-15(11-14)27-2)25-20(22-12)24-17-10-13(19(26)28-3)7-8-16(17)21/h4-11H,1-3H3,(H2,22,23,24,25). The third-order valence-corrected chi connectivity index (χ3v) is 4.16. The van der Waals surface area contributed by atoms with Crippen LogP contribution in [-0.4, -0.2) is 30.2 Å². The van der Waals surface area contributed by atoms with Gasteiger partial charge in [-0.05, 0) is 37.3 Å². The largest absolute Gasteiger partial charge is 0.497 e. The Morgan fingerprint density at radius 2 is 1.86 bits per heavy atom. The fraction of sp³-hybridized carbons (Fsp3) is 0.150. The fourth-order valence-corrected chi connectivity index (χ4v) is 2.69. The summed E-state index contributed by atoms with van der Waals surface area (Å²) in [7, 11) is 2.94. The molecule has 0 saturated carbocycles. The van der Waals surface area contributed by atoms with Gasteiger partial charge in [-0.15, -0.1) is 0 Å². The first-order valence-electron chi connectivity index (χ1n) is 8.40. The highest BCUT2D eigenvalue weighted by molar-refractivity contribution is 6.33. The minimum absolute atomic E-state index is 0.342. The summed E-state index contributed by atoms with van der Waals surface area (Å²) < 4.78 is 9.98. The van der Waals surface area contributed by atoms with E-state index < -0.39 is 5.97 Å². The van der Waals surface area contributed by atoms with Gasteiger partial charge in [-0.2, -0.15) is 4.98 Å². The Bertz CT molecular complexity index is 1010. The molecule has 2 aromatic carbocycles. The number of aryl methyl sites for hydroxylation is 1. The summed E-state index contributed by atoms with van der Waals surface area (Å²) in [5.74, 6) is 1.23. The Morgan fingerprint density at radius 1 is 1.04 bits per heavy atom. The summed E-state index contributed by atoms with van der Waals surface area (Å²) in [5, 5.41) is 6.71. The molecule has 2 N–H and O–H groups in total. The third kappa shape index (κ3) is 4.69. The summed E-state index contributed by atoms with van der Waals surface area (Å²) >= 11 is 6.24. The Morgan fingerprint density at radius 3 is 2.61 bits per heavy atom. The smallest absolute Gasteiger partial charge is 0.337 e. The molecular formula is C20H19ClN4O3. The van der Waals surface area contributed by atoms with E-state index in [0.29, 0.717) is 28.0 Å². The van der Waals surface area contributed by atoms with Crippen molar-refractivity contribution < 1.29 is 14.3 Å². The zero-order valence-corrected chi connectivity index (χ0v) is 16.4. The monoisotopic (exact) mass is 398 g/mol. The lowest BCUT2D eigenvalue weighted by atomic mass is 10.2. The van der Waals surface area contributed by atoms with Crippen molar-refractivity contribution in [2.45, 2.75) is 6.92 Å². The van der Waals surface area contributed by atoms with Crippen molar-refractivity contribution in [1.29, 1.82) is 0 Å². The van der Waals surface area contributed by atoms with E-state index in [0.717, 1.165) is 17.1 Å². The van der Waals surface area contributed by atoms with Crippen LogP contribution < -0.4 is 15.4 Å². The van der Waals surface area contributed by atoms with Crippen molar-refractivity contribution in [1.82, 2.24) is 9.97 Å². The van der Waals surface area contributed by atoms with Gasteiger partial charge in [0.15, 0.2) is 0 Å². The molecule has 0 unspecified atom stereocenters. The van der Waals surface area contributed by atoms with Crippen LogP contribution in [0.5, 0.6) is 5.75 Å². The molecule has 28 heavy (non-hydrogen) atoms. The summed E-state index contributed by atoms with van der Waals surface area (Å²) in [6, 6.07) is 14.1. The van der Waals surface area contributed by atoms with E-state index in [1.54, 1.807) is 25.3 Å². The molecule has 8 heteroatoms. The molecule has 7 nitrogen and oxygen atoms in total. The topological polar surface area (TPSA) is 85.4 Å². The van der Waals surface area contributed by atoms with Crippen LogP contribution in [0.2, 0.25) is 5.02 Å². The average Bonchev–Trinajstić information content (AvgIpc) is 2.68. The van der Waals surface area contributed by atoms with Gasteiger partial charge in [-0.3, -0.25) is 0 Å². The Kier molecular flexibility index (Phi) is 5.96. The number of hydrogen-bond acceptors (Lipinski definition) is 7. The lowest BCUT2D eigenvalue weighted by Gasteiger charge is -2.12. The molecule has 0 atom stereocenters. The molecule has 0 aliphatic rings. The number of rotatable bonds is 6. The Labute approximate surface area is 167 Å². The molecule has 0 spiro atoms. The van der Waals surface area contributed by atoms with Gasteiger partial charge in [-0.25, -0.2) is 9.78 Å². The normalized spacial score (nSPS) is 10.3. The number of nitrogens with zero attached hydrogens (tertiary/aromatic N) is 2. The van der Waals surface area contributed by atoms with E-state index in [9.17, 15) is 4.79 Å². The maximum Gasteiger partial charge on any atom is 0.337 e. The van der Waals surface area contributed by atoms with Gasteiger partial charge < -0.3 is 20.1 Å². The number of anilines is 4. The number of methoxy groups -OCH3 is 2. The van der Waals surface area contributed by atoms with Crippen molar-refractivity contribution in [2.24, 2.45) is 0 Å². The van der Waals surface area contributed by atoms with Crippen LogP contribution >= 0.6 is 11.6 Å². The molecule has 3 aromatic rings. The number of nitrogens with one attached hydrogen (secondary N) is 2. The molecular weight excluding hydrogens is 380 g/mol. The van der Waals surface area contributed by atoms with Gasteiger partial charge in [0, 0.05) is 23.5 Å². The quantitative estimate of drug-likeness (QED) is 0.581. The fourth-order valence-electron chi connectivity index (χ4n) is 2.52. The molecule has 0 radical (unpaired) electrons. The van der Waals surface area contributed by atoms with Crippen molar-refractivity contribution in [2.75, 3.05) is 24.9 Å². The molecule has 1 heterocycles. The number of halogens is 1. The number of benzene rings is 2. The summed E-state index contributed by atoms with van der Waals surface area (Å²) in [6.07, 6.45) is 0. The van der Waals surface area contributed by atoms with Crippen molar-refractivity contribution in [3.63, 3.8) is 0 Å². The molecule has 0 saturated heterocycles. The first-order valence-corrected chi connectivity index (χ1v) is 8.78. The molecule has 0 aliphatic heterocycles. The Balaban J connectivity index is 1.86. The number of ether oxygens (including phenoxy) is 2. The summed E-state index contributed by atoms with van der Waals surface area (Å²) in [4.78, 5) is 20.6. The van der Waals surface area contributed by atoms with E-state index in [4.69, 9.17) is 21.1 Å². The molecule has 144 valence electrons. The van der Waals surface area contributed by atoms with Crippen LogP contribution in [0.25, 0.3) is 0 Å². The number of aromatic nitrogens is 2. The van der Waals surface area contributed by atoms with E-state index in [1.165, 1.54) is 7.11 Å².